The monoisotopic (exact) mass is 310 g/mol. The summed E-state index contributed by atoms with van der Waals surface area (Å²) in [5.41, 5.74) is 2.20. The van der Waals surface area contributed by atoms with Gasteiger partial charge in [-0.3, -0.25) is 10.1 Å². The van der Waals surface area contributed by atoms with E-state index in [1.54, 1.807) is 12.1 Å². The van der Waals surface area contributed by atoms with Gasteiger partial charge in [-0.25, -0.2) is 4.39 Å². The highest BCUT2D eigenvalue weighted by Crippen LogP contribution is 2.38. The summed E-state index contributed by atoms with van der Waals surface area (Å²) in [6.45, 7) is 0.744. The number of benzene rings is 2. The summed E-state index contributed by atoms with van der Waals surface area (Å²) in [6.07, 6.45) is 2.62. The highest BCUT2D eigenvalue weighted by molar-refractivity contribution is 5.88. The molecule has 118 valence electrons. The maximum atomic E-state index is 14.0. The number of hydrogen-bond donors (Lipinski definition) is 2. The number of carbonyl (C=O) groups is 1. The van der Waals surface area contributed by atoms with Gasteiger partial charge in [0.25, 0.3) is 0 Å². The van der Waals surface area contributed by atoms with Crippen LogP contribution >= 0.6 is 0 Å². The van der Waals surface area contributed by atoms with E-state index in [-0.39, 0.29) is 17.8 Å². The first-order valence-corrected chi connectivity index (χ1v) is 8.09. The Morgan fingerprint density at radius 3 is 2.74 bits per heavy atom. The molecule has 2 aliphatic rings. The molecule has 4 rings (SSSR count). The van der Waals surface area contributed by atoms with Gasteiger partial charge in [-0.05, 0) is 42.5 Å². The Morgan fingerprint density at radius 1 is 1.09 bits per heavy atom. The van der Waals surface area contributed by atoms with Gasteiger partial charge in [-0.2, -0.15) is 0 Å². The first-order chi connectivity index (χ1) is 11.2. The van der Waals surface area contributed by atoms with Crippen LogP contribution in [0.2, 0.25) is 0 Å². The summed E-state index contributed by atoms with van der Waals surface area (Å²) in [5.74, 6) is -0.0964. The quantitative estimate of drug-likeness (QED) is 0.894. The van der Waals surface area contributed by atoms with E-state index in [0.29, 0.717) is 5.56 Å². The Kier molecular flexibility index (Phi) is 3.42. The molecule has 0 aliphatic carbocycles. The van der Waals surface area contributed by atoms with Crippen LogP contribution in [0.25, 0.3) is 11.1 Å². The second kappa shape index (κ2) is 5.46. The summed E-state index contributed by atoms with van der Waals surface area (Å²) in [6, 6.07) is 14.9. The van der Waals surface area contributed by atoms with Crippen LogP contribution in [-0.2, 0) is 4.79 Å². The molecule has 0 saturated carbocycles. The molecule has 1 amide bonds. The van der Waals surface area contributed by atoms with Crippen LogP contribution in [0.3, 0.4) is 0 Å². The molecule has 2 fully saturated rings. The third-order valence-corrected chi connectivity index (χ3v) is 5.06. The minimum absolute atomic E-state index is 0.116. The van der Waals surface area contributed by atoms with E-state index < -0.39 is 5.54 Å². The lowest BCUT2D eigenvalue weighted by Crippen LogP contribution is -2.47. The van der Waals surface area contributed by atoms with Crippen molar-refractivity contribution in [1.29, 1.82) is 0 Å². The van der Waals surface area contributed by atoms with E-state index in [4.69, 9.17) is 0 Å². The molecule has 2 aromatic carbocycles. The van der Waals surface area contributed by atoms with Crippen LogP contribution in [0.5, 0.6) is 0 Å². The molecule has 2 atom stereocenters. The summed E-state index contributed by atoms with van der Waals surface area (Å²) < 4.78 is 14.0. The molecule has 2 heterocycles. The van der Waals surface area contributed by atoms with Crippen LogP contribution in [0.1, 0.15) is 30.9 Å². The van der Waals surface area contributed by atoms with E-state index in [2.05, 4.69) is 10.6 Å². The SMILES string of the molecule is O=C1NCC[C@@]12CC[C@H](c1cccc(-c3ccccc3F)c1)N2. The number of hydrogen-bond acceptors (Lipinski definition) is 2. The Hall–Kier alpha value is -2.20. The van der Waals surface area contributed by atoms with Gasteiger partial charge in [0, 0.05) is 18.2 Å². The molecule has 4 heteroatoms. The molecule has 2 aromatic rings. The molecular formula is C19H19FN2O. The zero-order valence-corrected chi connectivity index (χ0v) is 12.8. The van der Waals surface area contributed by atoms with Crippen molar-refractivity contribution in [3.05, 3.63) is 59.9 Å². The molecule has 2 N–H and O–H groups in total. The summed E-state index contributed by atoms with van der Waals surface area (Å²) in [5, 5.41) is 6.44. The predicted octanol–water partition coefficient (Wildman–Crippen LogP) is 3.18. The molecular weight excluding hydrogens is 291 g/mol. The normalized spacial score (nSPS) is 26.7. The molecule has 0 radical (unpaired) electrons. The zero-order valence-electron chi connectivity index (χ0n) is 12.8. The van der Waals surface area contributed by atoms with Gasteiger partial charge in [0.05, 0.1) is 0 Å². The van der Waals surface area contributed by atoms with Crippen molar-refractivity contribution in [2.45, 2.75) is 30.8 Å². The fraction of sp³-hybridized carbons (Fsp3) is 0.316. The zero-order chi connectivity index (χ0) is 15.9. The van der Waals surface area contributed by atoms with Crippen LogP contribution < -0.4 is 10.6 Å². The van der Waals surface area contributed by atoms with E-state index in [9.17, 15) is 9.18 Å². The number of nitrogens with one attached hydrogen (secondary N) is 2. The Balaban J connectivity index is 1.63. The van der Waals surface area contributed by atoms with Gasteiger partial charge in [0.15, 0.2) is 0 Å². The fourth-order valence-corrected chi connectivity index (χ4v) is 3.79. The topological polar surface area (TPSA) is 41.1 Å². The minimum atomic E-state index is -0.404. The Bertz CT molecular complexity index is 761. The second-order valence-electron chi connectivity index (χ2n) is 6.43. The maximum absolute atomic E-state index is 14.0. The van der Waals surface area contributed by atoms with Crippen molar-refractivity contribution in [2.24, 2.45) is 0 Å². The van der Waals surface area contributed by atoms with E-state index in [1.165, 1.54) is 6.07 Å². The van der Waals surface area contributed by atoms with Gasteiger partial charge >= 0.3 is 0 Å². The van der Waals surface area contributed by atoms with E-state index in [1.807, 2.05) is 30.3 Å². The van der Waals surface area contributed by atoms with Crippen molar-refractivity contribution in [3.63, 3.8) is 0 Å². The molecule has 2 aliphatic heterocycles. The highest BCUT2D eigenvalue weighted by Gasteiger charge is 2.47. The highest BCUT2D eigenvalue weighted by atomic mass is 19.1. The number of amides is 1. The Labute approximate surface area is 134 Å². The first kappa shape index (κ1) is 14.4. The van der Waals surface area contributed by atoms with Crippen molar-refractivity contribution in [2.75, 3.05) is 6.54 Å². The first-order valence-electron chi connectivity index (χ1n) is 8.09. The summed E-state index contributed by atoms with van der Waals surface area (Å²) in [7, 11) is 0. The Morgan fingerprint density at radius 2 is 1.96 bits per heavy atom. The molecule has 0 unspecified atom stereocenters. The van der Waals surface area contributed by atoms with Crippen LogP contribution in [0, 0.1) is 5.82 Å². The van der Waals surface area contributed by atoms with Gasteiger partial charge in [0.1, 0.15) is 11.4 Å². The van der Waals surface area contributed by atoms with E-state index in [0.717, 1.165) is 36.9 Å². The van der Waals surface area contributed by atoms with Crippen LogP contribution in [0.4, 0.5) is 4.39 Å². The fourth-order valence-electron chi connectivity index (χ4n) is 3.79. The van der Waals surface area contributed by atoms with Gasteiger partial charge in [0.2, 0.25) is 5.91 Å². The summed E-state index contributed by atoms with van der Waals surface area (Å²) in [4.78, 5) is 12.1. The van der Waals surface area contributed by atoms with Gasteiger partial charge in [-0.1, -0.05) is 36.4 Å². The van der Waals surface area contributed by atoms with Gasteiger partial charge in [-0.15, -0.1) is 0 Å². The number of carbonyl (C=O) groups excluding carboxylic acids is 1. The number of rotatable bonds is 2. The third-order valence-electron chi connectivity index (χ3n) is 5.06. The molecule has 2 saturated heterocycles. The maximum Gasteiger partial charge on any atom is 0.240 e. The molecule has 0 bridgehead atoms. The smallest absolute Gasteiger partial charge is 0.240 e. The average molecular weight is 310 g/mol. The van der Waals surface area contributed by atoms with Crippen molar-refractivity contribution < 1.29 is 9.18 Å². The molecule has 3 nitrogen and oxygen atoms in total. The van der Waals surface area contributed by atoms with Crippen molar-refractivity contribution in [3.8, 4) is 11.1 Å². The lowest BCUT2D eigenvalue weighted by molar-refractivity contribution is -0.124. The summed E-state index contributed by atoms with van der Waals surface area (Å²) >= 11 is 0. The predicted molar refractivity (Wildman–Crippen MR) is 87.3 cm³/mol. The molecule has 23 heavy (non-hydrogen) atoms. The lowest BCUT2D eigenvalue weighted by Gasteiger charge is -2.22. The van der Waals surface area contributed by atoms with Gasteiger partial charge < -0.3 is 5.32 Å². The van der Waals surface area contributed by atoms with Crippen LogP contribution in [-0.4, -0.2) is 18.0 Å². The standard InChI is InChI=1S/C19H19FN2O/c20-16-7-2-1-6-15(16)13-4-3-5-14(12-13)17-8-9-19(22-17)10-11-21-18(19)23/h1-7,12,17,22H,8-11H2,(H,21,23)/t17-,19+/m1/s1. The molecule has 0 aromatic heterocycles. The largest absolute Gasteiger partial charge is 0.354 e. The third kappa shape index (κ3) is 2.43. The van der Waals surface area contributed by atoms with Crippen molar-refractivity contribution in [1.82, 2.24) is 10.6 Å². The molecule has 1 spiro atoms. The van der Waals surface area contributed by atoms with Crippen LogP contribution in [0.15, 0.2) is 48.5 Å². The van der Waals surface area contributed by atoms with E-state index >= 15 is 0 Å². The second-order valence-corrected chi connectivity index (χ2v) is 6.43. The lowest BCUT2D eigenvalue weighted by atomic mass is 9.95. The minimum Gasteiger partial charge on any atom is -0.354 e. The number of halogens is 1. The van der Waals surface area contributed by atoms with Crippen molar-refractivity contribution >= 4 is 5.91 Å². The average Bonchev–Trinajstić information content (AvgIpc) is 3.16.